The third-order valence-corrected chi connectivity index (χ3v) is 12.7. The van der Waals surface area contributed by atoms with E-state index in [4.69, 9.17) is 15.0 Å². The summed E-state index contributed by atoms with van der Waals surface area (Å²) in [5, 5.41) is 0. The quantitative estimate of drug-likeness (QED) is 0.168. The summed E-state index contributed by atoms with van der Waals surface area (Å²) in [5.41, 5.74) is 8.40. The van der Waals surface area contributed by atoms with Gasteiger partial charge in [-0.1, -0.05) is 201 Å². The van der Waals surface area contributed by atoms with Crippen molar-refractivity contribution in [2.75, 3.05) is 0 Å². The Hall–Kier alpha value is -7.23. The van der Waals surface area contributed by atoms with E-state index in [2.05, 4.69) is 84.9 Å². The maximum Gasteiger partial charge on any atom is 0.164 e. The molecule has 3 heteroatoms. The van der Waals surface area contributed by atoms with Crippen molar-refractivity contribution in [3.05, 3.63) is 233 Å². The summed E-state index contributed by atoms with van der Waals surface area (Å²) < 4.78 is 75.8. The minimum atomic E-state index is -1.98. The zero-order chi connectivity index (χ0) is 47.5. The molecule has 3 nitrogen and oxygen atoms in total. The summed E-state index contributed by atoms with van der Waals surface area (Å²) in [6, 6.07) is 56.5. The zero-order valence-electron chi connectivity index (χ0n) is 41.2. The highest BCUT2D eigenvalue weighted by molar-refractivity contribution is 5.89. The second kappa shape index (κ2) is 14.2. The van der Waals surface area contributed by atoms with Crippen LogP contribution in [0.2, 0.25) is 0 Å². The number of rotatable bonds is 6. The molecule has 3 aliphatic carbocycles. The van der Waals surface area contributed by atoms with Crippen molar-refractivity contribution in [2.45, 2.75) is 42.8 Å². The molecule has 1 heterocycles. The summed E-state index contributed by atoms with van der Waals surface area (Å²) in [6.07, 6.45) is -3.24. The summed E-state index contributed by atoms with van der Waals surface area (Å²) in [5.74, 6) is 0.598. The Kier molecular flexibility index (Phi) is 6.59. The predicted octanol–water partition coefficient (Wildman–Crippen LogP) is 14.1. The Bertz CT molecular complexity index is 3490. The van der Waals surface area contributed by atoms with Gasteiger partial charge in [-0.15, -0.1) is 0 Å². The average Bonchev–Trinajstić information content (AvgIpc) is 3.85. The summed E-state index contributed by atoms with van der Waals surface area (Å²) in [7, 11) is 0. The van der Waals surface area contributed by atoms with Crippen molar-refractivity contribution in [3.63, 3.8) is 0 Å². The highest BCUT2D eigenvalue weighted by atomic mass is 15.0. The number of nitrogens with zero attached hydrogens (tertiary/aromatic N) is 3. The molecule has 1 fully saturated rings. The minimum absolute atomic E-state index is 0.00486. The molecule has 3 aliphatic rings. The molecule has 0 saturated heterocycles. The lowest BCUT2D eigenvalue weighted by Crippen LogP contribution is -2.28. The van der Waals surface area contributed by atoms with Crippen LogP contribution in [0.15, 0.2) is 200 Å². The van der Waals surface area contributed by atoms with Crippen molar-refractivity contribution in [3.8, 4) is 67.5 Å². The molecule has 0 N–H and O–H groups in total. The van der Waals surface area contributed by atoms with Crippen LogP contribution in [-0.2, 0) is 10.8 Å². The largest absolute Gasteiger partial charge is 0.208 e. The average molecular weight is 790 g/mol. The number of aromatic nitrogens is 3. The lowest BCUT2D eigenvalue weighted by molar-refractivity contribution is 0.353. The van der Waals surface area contributed by atoms with E-state index in [-0.39, 0.29) is 47.9 Å². The van der Waals surface area contributed by atoms with E-state index in [9.17, 15) is 11.0 Å². The molecule has 1 aromatic heterocycles. The Morgan fingerprint density at radius 3 is 1.57 bits per heavy atom. The van der Waals surface area contributed by atoms with Crippen molar-refractivity contribution >= 4 is 0 Å². The van der Waals surface area contributed by atoms with Crippen LogP contribution >= 0.6 is 0 Å². The van der Waals surface area contributed by atoms with Gasteiger partial charge in [0.15, 0.2) is 17.5 Å². The Morgan fingerprint density at radius 1 is 0.393 bits per heavy atom. The molecule has 0 amide bonds. The van der Waals surface area contributed by atoms with Crippen molar-refractivity contribution in [1.82, 2.24) is 15.0 Å². The second-order valence-corrected chi connectivity index (χ2v) is 16.0. The van der Waals surface area contributed by atoms with E-state index >= 15 is 0 Å². The first-order valence-electron chi connectivity index (χ1n) is 24.9. The number of hydrogen-bond acceptors (Lipinski definition) is 3. The number of hydrogen-bond donors (Lipinski definition) is 0. The Labute approximate surface area is 368 Å². The molecule has 0 unspecified atom stereocenters. The van der Waals surface area contributed by atoms with Crippen LogP contribution in [-0.4, -0.2) is 15.0 Å². The van der Waals surface area contributed by atoms with Gasteiger partial charge < -0.3 is 0 Å². The van der Waals surface area contributed by atoms with Crippen LogP contribution in [0.25, 0.3) is 67.5 Å². The van der Waals surface area contributed by atoms with Gasteiger partial charge in [0.05, 0.1) is 10.9 Å². The first kappa shape index (κ1) is 28.3. The van der Waals surface area contributed by atoms with Gasteiger partial charge >= 0.3 is 0 Å². The Balaban J connectivity index is 1.08. The molecule has 290 valence electrons. The van der Waals surface area contributed by atoms with Crippen molar-refractivity contribution < 1.29 is 11.0 Å². The standard InChI is InChI=1S/C58H43N3/c1-5-18-39(19-6-1)54-59-55(42-21-17-20-40(36-42)41-30-32-48-46-26-11-13-28-50(46)57(52(48)37-41)34-15-4-16-35-57)61-56(60-54)43-31-33-49-47-27-12-14-29-51(47)58(53(49)38-43,44-22-7-2-8-23-44)45-24-9-3-10-25-45/h1-3,5-14,17-33,36-38H,4,15-16,34-35H2/i17D,20D,21D,34D2,35D2,36D. The van der Waals surface area contributed by atoms with Gasteiger partial charge in [0.25, 0.3) is 0 Å². The highest BCUT2D eigenvalue weighted by Crippen LogP contribution is 2.58. The zero-order valence-corrected chi connectivity index (χ0v) is 33.2. The highest BCUT2D eigenvalue weighted by Gasteiger charge is 2.46. The van der Waals surface area contributed by atoms with E-state index in [1.165, 1.54) is 0 Å². The SMILES string of the molecule is [2H]c1c([2H])c(-c2ccc3c(c2)C2(c4ccccc4-3)C([2H])([2H])CCCC2([2H])[2H])c([2H])c(-c2nc(-c3ccccc3)nc(-c3ccc4c(c3)C(c3ccccc3)(c3ccccc3)c3ccccc3-4)n2)c1[2H]. The molecule has 0 bridgehead atoms. The van der Waals surface area contributed by atoms with Crippen LogP contribution < -0.4 is 0 Å². The van der Waals surface area contributed by atoms with E-state index in [1.54, 1.807) is 12.1 Å². The number of benzene rings is 8. The normalized spacial score (nSPS) is 18.7. The maximum atomic E-state index is 9.91. The molecule has 0 aliphatic heterocycles. The van der Waals surface area contributed by atoms with Gasteiger partial charge in [-0.05, 0) is 97.7 Å². The first-order chi connectivity index (χ1) is 33.4. The third-order valence-electron chi connectivity index (χ3n) is 12.7. The molecule has 9 aromatic rings. The van der Waals surface area contributed by atoms with E-state index in [1.807, 2.05) is 78.9 Å². The topological polar surface area (TPSA) is 38.7 Å². The van der Waals surface area contributed by atoms with Crippen molar-refractivity contribution in [1.29, 1.82) is 0 Å². The first-order valence-corrected chi connectivity index (χ1v) is 20.9. The van der Waals surface area contributed by atoms with E-state index in [0.29, 0.717) is 51.5 Å². The van der Waals surface area contributed by atoms with Crippen LogP contribution in [0.3, 0.4) is 0 Å². The monoisotopic (exact) mass is 789 g/mol. The van der Waals surface area contributed by atoms with E-state index < -0.39 is 29.6 Å². The summed E-state index contributed by atoms with van der Waals surface area (Å²) in [6.45, 7) is 0. The van der Waals surface area contributed by atoms with Gasteiger partial charge in [-0.3, -0.25) is 0 Å². The predicted molar refractivity (Wildman–Crippen MR) is 248 cm³/mol. The van der Waals surface area contributed by atoms with Crippen LogP contribution in [0.5, 0.6) is 0 Å². The molecule has 1 spiro atoms. The molecule has 12 rings (SSSR count). The minimum Gasteiger partial charge on any atom is -0.208 e. The molecule has 61 heavy (non-hydrogen) atoms. The van der Waals surface area contributed by atoms with Gasteiger partial charge in [0, 0.05) is 27.6 Å². The molecule has 1 saturated carbocycles. The summed E-state index contributed by atoms with van der Waals surface area (Å²) >= 11 is 0. The maximum absolute atomic E-state index is 9.91. The lowest BCUT2D eigenvalue weighted by atomic mass is 9.67. The molecular weight excluding hydrogens is 739 g/mol. The Morgan fingerprint density at radius 2 is 0.885 bits per heavy atom. The van der Waals surface area contributed by atoms with E-state index in [0.717, 1.165) is 38.9 Å². The third kappa shape index (κ3) is 5.53. The summed E-state index contributed by atoms with van der Waals surface area (Å²) in [4.78, 5) is 15.1. The molecule has 0 atom stereocenters. The second-order valence-electron chi connectivity index (χ2n) is 16.0. The fourth-order valence-corrected chi connectivity index (χ4v) is 10.0. The van der Waals surface area contributed by atoms with Crippen molar-refractivity contribution in [2.24, 2.45) is 0 Å². The molecule has 0 radical (unpaired) electrons. The van der Waals surface area contributed by atoms with Gasteiger partial charge in [0.1, 0.15) is 0 Å². The van der Waals surface area contributed by atoms with Gasteiger partial charge in [0.2, 0.25) is 0 Å². The lowest BCUT2D eigenvalue weighted by Gasteiger charge is -2.36. The fraction of sp³-hybridized carbons (Fsp3) is 0.121. The molecular formula is C58H43N3. The smallest absolute Gasteiger partial charge is 0.164 e. The fourth-order valence-electron chi connectivity index (χ4n) is 10.0. The van der Waals surface area contributed by atoms with Gasteiger partial charge in [-0.2, -0.15) is 0 Å². The van der Waals surface area contributed by atoms with Crippen LogP contribution in [0.4, 0.5) is 0 Å². The van der Waals surface area contributed by atoms with Gasteiger partial charge in [-0.25, -0.2) is 15.0 Å². The van der Waals surface area contributed by atoms with Crippen LogP contribution in [0.1, 0.15) is 76.4 Å². The van der Waals surface area contributed by atoms with Crippen LogP contribution in [0, 0.1) is 0 Å². The molecule has 8 aromatic carbocycles. The number of fused-ring (bicyclic) bond motifs is 8.